The third-order valence-corrected chi connectivity index (χ3v) is 5.36. The van der Waals surface area contributed by atoms with Crippen molar-refractivity contribution >= 4 is 22.7 Å². The lowest BCUT2D eigenvalue weighted by Gasteiger charge is -2.34. The first-order valence-electron chi connectivity index (χ1n) is 9.35. The van der Waals surface area contributed by atoms with Gasteiger partial charge >= 0.3 is 0 Å². The molecule has 2 heterocycles. The molecule has 1 aromatic heterocycles. The van der Waals surface area contributed by atoms with Gasteiger partial charge in [-0.1, -0.05) is 18.2 Å². The standard InChI is InChI=1S/C22H23N3O3/c1-23-19-6-4-3-5-17(19)15-20(23)22(27)25-13-11-24(12-14-25)21(26)16-7-9-18(28-2)10-8-16/h3-10,15H,11-14H2,1-2H3. The van der Waals surface area contributed by atoms with Gasteiger partial charge in [0.1, 0.15) is 11.4 Å². The van der Waals surface area contributed by atoms with Crippen LogP contribution < -0.4 is 4.74 Å². The number of benzene rings is 2. The number of amides is 2. The second-order valence-electron chi connectivity index (χ2n) is 6.96. The molecule has 1 saturated heterocycles. The van der Waals surface area contributed by atoms with Crippen LogP contribution in [0.2, 0.25) is 0 Å². The average molecular weight is 377 g/mol. The lowest BCUT2D eigenvalue weighted by Crippen LogP contribution is -2.50. The van der Waals surface area contributed by atoms with Gasteiger partial charge in [0.15, 0.2) is 0 Å². The molecule has 6 nitrogen and oxygen atoms in total. The predicted octanol–water partition coefficient (Wildman–Crippen LogP) is 2.79. The van der Waals surface area contributed by atoms with Crippen LogP contribution in [0.3, 0.4) is 0 Å². The number of rotatable bonds is 3. The summed E-state index contributed by atoms with van der Waals surface area (Å²) in [5.41, 5.74) is 2.35. The van der Waals surface area contributed by atoms with Gasteiger partial charge in [-0.2, -0.15) is 0 Å². The monoisotopic (exact) mass is 377 g/mol. The number of aromatic nitrogens is 1. The van der Waals surface area contributed by atoms with Crippen molar-refractivity contribution in [3.63, 3.8) is 0 Å². The zero-order valence-corrected chi connectivity index (χ0v) is 16.1. The lowest BCUT2D eigenvalue weighted by molar-refractivity contribution is 0.0530. The van der Waals surface area contributed by atoms with Crippen LogP contribution in [0, 0.1) is 0 Å². The third-order valence-electron chi connectivity index (χ3n) is 5.36. The third kappa shape index (κ3) is 3.22. The molecular formula is C22H23N3O3. The second-order valence-corrected chi connectivity index (χ2v) is 6.96. The minimum absolute atomic E-state index is 0.00949. The molecule has 1 aliphatic rings. The van der Waals surface area contributed by atoms with E-state index in [0.717, 1.165) is 16.7 Å². The summed E-state index contributed by atoms with van der Waals surface area (Å²) in [4.78, 5) is 29.3. The van der Waals surface area contributed by atoms with E-state index < -0.39 is 0 Å². The van der Waals surface area contributed by atoms with Crippen LogP contribution in [0.25, 0.3) is 10.9 Å². The van der Waals surface area contributed by atoms with Crippen molar-refractivity contribution in [1.82, 2.24) is 14.4 Å². The summed E-state index contributed by atoms with van der Waals surface area (Å²) in [5.74, 6) is 0.719. The summed E-state index contributed by atoms with van der Waals surface area (Å²) < 4.78 is 7.07. The van der Waals surface area contributed by atoms with Crippen LogP contribution in [0.15, 0.2) is 54.6 Å². The summed E-state index contributed by atoms with van der Waals surface area (Å²) in [6.45, 7) is 2.12. The molecule has 0 unspecified atom stereocenters. The number of hydrogen-bond acceptors (Lipinski definition) is 3. The van der Waals surface area contributed by atoms with Gasteiger partial charge in [-0.25, -0.2) is 0 Å². The van der Waals surface area contributed by atoms with Crippen molar-refractivity contribution in [2.75, 3.05) is 33.3 Å². The maximum atomic E-state index is 13.0. The van der Waals surface area contributed by atoms with E-state index in [1.54, 1.807) is 36.3 Å². The fourth-order valence-electron chi connectivity index (χ4n) is 3.68. The van der Waals surface area contributed by atoms with Crippen LogP contribution in [0.1, 0.15) is 20.8 Å². The molecule has 0 aliphatic carbocycles. The minimum Gasteiger partial charge on any atom is -0.497 e. The molecule has 28 heavy (non-hydrogen) atoms. The Morgan fingerprint density at radius 2 is 1.46 bits per heavy atom. The van der Waals surface area contributed by atoms with Gasteiger partial charge in [0.2, 0.25) is 0 Å². The first kappa shape index (κ1) is 18.1. The van der Waals surface area contributed by atoms with Crippen molar-refractivity contribution in [2.24, 2.45) is 7.05 Å². The Hall–Kier alpha value is -3.28. The number of piperazine rings is 1. The Kier molecular flexibility index (Phi) is 4.77. The molecule has 0 saturated carbocycles. The highest BCUT2D eigenvalue weighted by Gasteiger charge is 2.27. The maximum absolute atomic E-state index is 13.0. The molecule has 1 aliphatic heterocycles. The number of hydrogen-bond donors (Lipinski definition) is 0. The number of fused-ring (bicyclic) bond motifs is 1. The van der Waals surface area contributed by atoms with E-state index in [2.05, 4.69) is 0 Å². The molecule has 0 atom stereocenters. The molecule has 0 spiro atoms. The Labute approximate surface area is 163 Å². The van der Waals surface area contributed by atoms with Crippen LogP contribution in [0.4, 0.5) is 0 Å². The van der Waals surface area contributed by atoms with Gasteiger partial charge < -0.3 is 19.1 Å². The highest BCUT2D eigenvalue weighted by Crippen LogP contribution is 2.20. The van der Waals surface area contributed by atoms with Gasteiger partial charge in [0.05, 0.1) is 7.11 Å². The zero-order chi connectivity index (χ0) is 19.7. The quantitative estimate of drug-likeness (QED) is 0.705. The van der Waals surface area contributed by atoms with Gasteiger partial charge in [-0.05, 0) is 36.4 Å². The first-order chi connectivity index (χ1) is 13.6. The molecule has 4 rings (SSSR count). The normalized spacial score (nSPS) is 14.4. The van der Waals surface area contributed by atoms with E-state index in [-0.39, 0.29) is 11.8 Å². The Morgan fingerprint density at radius 1 is 0.857 bits per heavy atom. The zero-order valence-electron chi connectivity index (χ0n) is 16.1. The molecule has 0 radical (unpaired) electrons. The SMILES string of the molecule is COc1ccc(C(=O)N2CCN(C(=O)c3cc4ccccc4n3C)CC2)cc1. The number of carbonyl (C=O) groups is 2. The minimum atomic E-state index is -0.0145. The fourth-order valence-corrected chi connectivity index (χ4v) is 3.68. The Bertz CT molecular complexity index is 1020. The predicted molar refractivity (Wildman–Crippen MR) is 108 cm³/mol. The number of methoxy groups -OCH3 is 1. The number of para-hydroxylation sites is 1. The first-order valence-corrected chi connectivity index (χ1v) is 9.35. The van der Waals surface area contributed by atoms with Gasteiger partial charge in [0, 0.05) is 49.7 Å². The van der Waals surface area contributed by atoms with E-state index >= 15 is 0 Å². The van der Waals surface area contributed by atoms with Crippen molar-refractivity contribution in [3.05, 3.63) is 65.9 Å². The van der Waals surface area contributed by atoms with Crippen molar-refractivity contribution < 1.29 is 14.3 Å². The van der Waals surface area contributed by atoms with E-state index in [1.165, 1.54) is 0 Å². The summed E-state index contributed by atoms with van der Waals surface area (Å²) >= 11 is 0. The topological polar surface area (TPSA) is 54.8 Å². The number of ether oxygens (including phenoxy) is 1. The van der Waals surface area contributed by atoms with E-state index in [0.29, 0.717) is 37.4 Å². The van der Waals surface area contributed by atoms with Crippen molar-refractivity contribution in [1.29, 1.82) is 0 Å². The molecule has 144 valence electrons. The van der Waals surface area contributed by atoms with Crippen LogP contribution in [-0.2, 0) is 7.05 Å². The fraction of sp³-hybridized carbons (Fsp3) is 0.273. The summed E-state index contributed by atoms with van der Waals surface area (Å²) in [7, 11) is 3.52. The smallest absolute Gasteiger partial charge is 0.270 e. The molecule has 0 N–H and O–H groups in total. The van der Waals surface area contributed by atoms with E-state index in [9.17, 15) is 9.59 Å². The Balaban J connectivity index is 1.43. The van der Waals surface area contributed by atoms with Gasteiger partial charge in [-0.15, -0.1) is 0 Å². The van der Waals surface area contributed by atoms with Crippen molar-refractivity contribution in [3.8, 4) is 5.75 Å². The van der Waals surface area contributed by atoms with Gasteiger partial charge in [0.25, 0.3) is 11.8 Å². The average Bonchev–Trinajstić information content (AvgIpc) is 3.09. The van der Waals surface area contributed by atoms with E-state index in [1.807, 2.05) is 46.8 Å². The maximum Gasteiger partial charge on any atom is 0.270 e. The second kappa shape index (κ2) is 7.38. The molecule has 0 bridgehead atoms. The van der Waals surface area contributed by atoms with Crippen LogP contribution in [-0.4, -0.2) is 59.5 Å². The van der Waals surface area contributed by atoms with E-state index in [4.69, 9.17) is 4.74 Å². The summed E-state index contributed by atoms with van der Waals surface area (Å²) in [5, 5.41) is 1.06. The molecule has 1 fully saturated rings. The molecule has 2 aromatic carbocycles. The highest BCUT2D eigenvalue weighted by molar-refractivity contribution is 5.99. The lowest BCUT2D eigenvalue weighted by atomic mass is 10.1. The number of carbonyl (C=O) groups excluding carboxylic acids is 2. The highest BCUT2D eigenvalue weighted by atomic mass is 16.5. The molecular weight excluding hydrogens is 354 g/mol. The van der Waals surface area contributed by atoms with Crippen LogP contribution in [0.5, 0.6) is 5.75 Å². The number of aryl methyl sites for hydroxylation is 1. The van der Waals surface area contributed by atoms with Crippen molar-refractivity contribution in [2.45, 2.75) is 0 Å². The summed E-state index contributed by atoms with van der Waals surface area (Å²) in [6, 6.07) is 17.0. The Morgan fingerprint density at radius 3 is 2.07 bits per heavy atom. The molecule has 6 heteroatoms. The van der Waals surface area contributed by atoms with Crippen LogP contribution >= 0.6 is 0 Å². The summed E-state index contributed by atoms with van der Waals surface area (Å²) in [6.07, 6.45) is 0. The molecule has 3 aromatic rings. The molecule has 2 amide bonds. The number of nitrogens with zero attached hydrogens (tertiary/aromatic N) is 3. The largest absolute Gasteiger partial charge is 0.497 e. The van der Waals surface area contributed by atoms with Gasteiger partial charge in [-0.3, -0.25) is 9.59 Å².